The molecule has 2 unspecified atom stereocenters. The Morgan fingerprint density at radius 2 is 2.44 bits per heavy atom. The van der Waals surface area contributed by atoms with Crippen molar-refractivity contribution in [3.63, 3.8) is 0 Å². The second-order valence-corrected chi connectivity index (χ2v) is 5.39. The van der Waals surface area contributed by atoms with Gasteiger partial charge < -0.3 is 10.2 Å². The van der Waals surface area contributed by atoms with Crippen molar-refractivity contribution in [2.24, 2.45) is 5.92 Å². The summed E-state index contributed by atoms with van der Waals surface area (Å²) in [5.41, 5.74) is 1.35. The van der Waals surface area contributed by atoms with Gasteiger partial charge in [-0.1, -0.05) is 6.07 Å². The van der Waals surface area contributed by atoms with Crippen molar-refractivity contribution < 1.29 is 0 Å². The summed E-state index contributed by atoms with van der Waals surface area (Å²) in [4.78, 5) is 6.78. The van der Waals surface area contributed by atoms with Gasteiger partial charge in [-0.2, -0.15) is 0 Å². The average molecular weight is 247 g/mol. The standard InChI is InChI=1S/C15H25N3/c1-13(16-2)15-6-4-9-18(12-15)10-7-14-5-3-8-17-11-14/h3,5,8,11,13,15-16H,4,6-7,9-10,12H2,1-2H3. The second-order valence-electron chi connectivity index (χ2n) is 5.39. The average Bonchev–Trinajstić information content (AvgIpc) is 2.45. The maximum absolute atomic E-state index is 4.18. The van der Waals surface area contributed by atoms with Crippen LogP contribution in [0.15, 0.2) is 24.5 Å². The zero-order valence-electron chi connectivity index (χ0n) is 11.6. The Morgan fingerprint density at radius 1 is 1.56 bits per heavy atom. The highest BCUT2D eigenvalue weighted by Crippen LogP contribution is 2.19. The molecule has 3 heteroatoms. The van der Waals surface area contributed by atoms with E-state index < -0.39 is 0 Å². The molecule has 1 aliphatic heterocycles. The van der Waals surface area contributed by atoms with Crippen molar-refractivity contribution in [1.29, 1.82) is 0 Å². The highest BCUT2D eigenvalue weighted by atomic mass is 15.1. The molecule has 2 heterocycles. The van der Waals surface area contributed by atoms with Crippen LogP contribution in [0.25, 0.3) is 0 Å². The Morgan fingerprint density at radius 3 is 3.17 bits per heavy atom. The predicted octanol–water partition coefficient (Wildman–Crippen LogP) is 1.94. The van der Waals surface area contributed by atoms with Gasteiger partial charge in [0.2, 0.25) is 0 Å². The first-order chi connectivity index (χ1) is 8.79. The number of aromatic nitrogens is 1. The lowest BCUT2D eigenvalue weighted by molar-refractivity contribution is 0.155. The van der Waals surface area contributed by atoms with E-state index in [-0.39, 0.29) is 0 Å². The Labute approximate surface area is 111 Å². The fraction of sp³-hybridized carbons (Fsp3) is 0.667. The summed E-state index contributed by atoms with van der Waals surface area (Å²) in [5.74, 6) is 0.803. The first kappa shape index (κ1) is 13.5. The van der Waals surface area contributed by atoms with Gasteiger partial charge in [-0.05, 0) is 57.3 Å². The summed E-state index contributed by atoms with van der Waals surface area (Å²) < 4.78 is 0. The highest BCUT2D eigenvalue weighted by molar-refractivity contribution is 5.08. The topological polar surface area (TPSA) is 28.2 Å². The van der Waals surface area contributed by atoms with E-state index in [1.54, 1.807) is 0 Å². The molecular weight excluding hydrogens is 222 g/mol. The van der Waals surface area contributed by atoms with Crippen molar-refractivity contribution in [2.45, 2.75) is 32.2 Å². The van der Waals surface area contributed by atoms with E-state index in [4.69, 9.17) is 0 Å². The largest absolute Gasteiger partial charge is 0.317 e. The number of nitrogens with one attached hydrogen (secondary N) is 1. The summed E-state index contributed by atoms with van der Waals surface area (Å²) in [6.45, 7) is 5.96. The van der Waals surface area contributed by atoms with E-state index in [0.29, 0.717) is 6.04 Å². The van der Waals surface area contributed by atoms with E-state index in [1.807, 2.05) is 18.5 Å². The van der Waals surface area contributed by atoms with Gasteiger partial charge in [0.15, 0.2) is 0 Å². The summed E-state index contributed by atoms with van der Waals surface area (Å²) in [5, 5.41) is 3.39. The van der Waals surface area contributed by atoms with Crippen molar-refractivity contribution in [3.8, 4) is 0 Å². The van der Waals surface area contributed by atoms with Crippen LogP contribution in [0.2, 0.25) is 0 Å². The number of hydrogen-bond donors (Lipinski definition) is 1. The van der Waals surface area contributed by atoms with Crippen molar-refractivity contribution in [3.05, 3.63) is 30.1 Å². The molecule has 1 aliphatic rings. The third-order valence-electron chi connectivity index (χ3n) is 4.14. The van der Waals surface area contributed by atoms with Crippen LogP contribution in [0.4, 0.5) is 0 Å². The number of likely N-dealkylation sites (tertiary alicyclic amines) is 1. The molecule has 1 N–H and O–H groups in total. The van der Waals surface area contributed by atoms with Gasteiger partial charge in [0.05, 0.1) is 0 Å². The molecule has 0 saturated carbocycles. The van der Waals surface area contributed by atoms with Crippen LogP contribution in [0, 0.1) is 5.92 Å². The number of pyridine rings is 1. The first-order valence-corrected chi connectivity index (χ1v) is 7.08. The maximum Gasteiger partial charge on any atom is 0.0300 e. The molecule has 3 nitrogen and oxygen atoms in total. The SMILES string of the molecule is CNC(C)C1CCCN(CCc2cccnc2)C1. The molecule has 1 aromatic rings. The molecule has 2 rings (SSSR count). The van der Waals surface area contributed by atoms with Gasteiger partial charge in [0.1, 0.15) is 0 Å². The predicted molar refractivity (Wildman–Crippen MR) is 75.6 cm³/mol. The van der Waals surface area contributed by atoms with Crippen LogP contribution >= 0.6 is 0 Å². The molecule has 100 valence electrons. The smallest absolute Gasteiger partial charge is 0.0300 e. The normalized spacial score (nSPS) is 22.9. The lowest BCUT2D eigenvalue weighted by Crippen LogP contribution is -2.44. The Bertz CT molecular complexity index is 339. The number of nitrogens with zero attached hydrogens (tertiary/aromatic N) is 2. The van der Waals surface area contributed by atoms with Crippen molar-refractivity contribution in [1.82, 2.24) is 15.2 Å². The fourth-order valence-corrected chi connectivity index (χ4v) is 2.77. The molecule has 0 amide bonds. The Balaban J connectivity index is 1.79. The lowest BCUT2D eigenvalue weighted by Gasteiger charge is -2.35. The van der Waals surface area contributed by atoms with E-state index in [2.05, 4.69) is 35.2 Å². The van der Waals surface area contributed by atoms with E-state index in [1.165, 1.54) is 38.0 Å². The molecule has 1 saturated heterocycles. The minimum Gasteiger partial charge on any atom is -0.317 e. The Hall–Kier alpha value is -0.930. The number of hydrogen-bond acceptors (Lipinski definition) is 3. The molecule has 0 radical (unpaired) electrons. The van der Waals surface area contributed by atoms with Crippen LogP contribution in [-0.2, 0) is 6.42 Å². The van der Waals surface area contributed by atoms with E-state index in [0.717, 1.165) is 12.3 Å². The first-order valence-electron chi connectivity index (χ1n) is 7.08. The van der Waals surface area contributed by atoms with Gasteiger partial charge in [-0.3, -0.25) is 4.98 Å². The van der Waals surface area contributed by atoms with Gasteiger partial charge >= 0.3 is 0 Å². The summed E-state index contributed by atoms with van der Waals surface area (Å²) in [6.07, 6.45) is 7.65. The third-order valence-corrected chi connectivity index (χ3v) is 4.14. The van der Waals surface area contributed by atoms with Crippen LogP contribution in [0.1, 0.15) is 25.3 Å². The van der Waals surface area contributed by atoms with Crippen molar-refractivity contribution in [2.75, 3.05) is 26.7 Å². The van der Waals surface area contributed by atoms with Gasteiger partial charge in [0.25, 0.3) is 0 Å². The number of piperidine rings is 1. The molecule has 0 bridgehead atoms. The Kier molecular flexibility index (Phi) is 5.14. The molecule has 1 aromatic heterocycles. The van der Waals surface area contributed by atoms with Gasteiger partial charge in [-0.25, -0.2) is 0 Å². The van der Waals surface area contributed by atoms with Crippen molar-refractivity contribution >= 4 is 0 Å². The van der Waals surface area contributed by atoms with Gasteiger partial charge in [-0.15, -0.1) is 0 Å². The lowest BCUT2D eigenvalue weighted by atomic mass is 9.91. The molecule has 0 aliphatic carbocycles. The van der Waals surface area contributed by atoms with Crippen LogP contribution in [0.5, 0.6) is 0 Å². The molecule has 2 atom stereocenters. The third kappa shape index (κ3) is 3.79. The monoisotopic (exact) mass is 247 g/mol. The van der Waals surface area contributed by atoms with E-state index in [9.17, 15) is 0 Å². The second kappa shape index (κ2) is 6.86. The fourth-order valence-electron chi connectivity index (χ4n) is 2.77. The number of rotatable bonds is 5. The minimum absolute atomic E-state index is 0.631. The highest BCUT2D eigenvalue weighted by Gasteiger charge is 2.23. The molecule has 0 spiro atoms. The quantitative estimate of drug-likeness (QED) is 0.862. The van der Waals surface area contributed by atoms with E-state index >= 15 is 0 Å². The molecular formula is C15H25N3. The molecule has 18 heavy (non-hydrogen) atoms. The van der Waals surface area contributed by atoms with Crippen LogP contribution < -0.4 is 5.32 Å². The maximum atomic E-state index is 4.18. The summed E-state index contributed by atoms with van der Waals surface area (Å²) >= 11 is 0. The van der Waals surface area contributed by atoms with Crippen LogP contribution in [0.3, 0.4) is 0 Å². The minimum atomic E-state index is 0.631. The summed E-state index contributed by atoms with van der Waals surface area (Å²) in [7, 11) is 2.07. The van der Waals surface area contributed by atoms with Crippen LogP contribution in [-0.4, -0.2) is 42.6 Å². The summed E-state index contributed by atoms with van der Waals surface area (Å²) in [6, 6.07) is 4.83. The molecule has 1 fully saturated rings. The zero-order valence-corrected chi connectivity index (χ0v) is 11.6. The van der Waals surface area contributed by atoms with Gasteiger partial charge in [0, 0.05) is 31.5 Å². The molecule has 0 aromatic carbocycles. The zero-order chi connectivity index (χ0) is 12.8.